The molecule has 0 saturated heterocycles. The van der Waals surface area contributed by atoms with Gasteiger partial charge in [-0.3, -0.25) is 9.59 Å². The second kappa shape index (κ2) is 5.49. The summed E-state index contributed by atoms with van der Waals surface area (Å²) in [6, 6.07) is 16.5. The van der Waals surface area contributed by atoms with Crippen molar-refractivity contribution < 1.29 is 14.7 Å². The fourth-order valence-corrected chi connectivity index (χ4v) is 3.02. The molecule has 0 bridgehead atoms. The molecule has 0 saturated carbocycles. The number of anilines is 3. The molecule has 25 heavy (non-hydrogen) atoms. The molecule has 5 nitrogen and oxygen atoms in total. The molecule has 3 aromatic rings. The molecular formula is C20H14N2O3. The van der Waals surface area contributed by atoms with E-state index >= 15 is 0 Å². The molecule has 1 aliphatic rings. The fourth-order valence-electron chi connectivity index (χ4n) is 3.02. The Kier molecular flexibility index (Phi) is 3.28. The molecule has 0 atom stereocenters. The van der Waals surface area contributed by atoms with Gasteiger partial charge in [0, 0.05) is 22.4 Å². The average Bonchev–Trinajstić information content (AvgIpc) is 2.63. The maximum absolute atomic E-state index is 12.8. The predicted octanol–water partition coefficient (Wildman–Crippen LogP) is 3.49. The molecule has 0 radical (unpaired) electrons. The van der Waals surface area contributed by atoms with Crippen molar-refractivity contribution in [3.63, 3.8) is 0 Å². The van der Waals surface area contributed by atoms with Crippen LogP contribution < -0.4 is 11.1 Å². The lowest BCUT2D eigenvalue weighted by atomic mass is 9.83. The normalized spacial score (nSPS) is 12.5. The van der Waals surface area contributed by atoms with Gasteiger partial charge in [-0.15, -0.1) is 0 Å². The van der Waals surface area contributed by atoms with Gasteiger partial charge in [0.2, 0.25) is 0 Å². The molecule has 0 spiro atoms. The first-order chi connectivity index (χ1) is 12.1. The zero-order valence-electron chi connectivity index (χ0n) is 13.1. The first-order valence-electron chi connectivity index (χ1n) is 7.73. The maximum Gasteiger partial charge on any atom is 0.196 e. The SMILES string of the molecule is Nc1c(Nc2ccc(O)cc2)ccc2c1C(=O)c1ccccc1C2=O. The Morgan fingerprint density at radius 3 is 2.08 bits per heavy atom. The lowest BCUT2D eigenvalue weighted by molar-refractivity contribution is 0.0980. The molecule has 0 heterocycles. The highest BCUT2D eigenvalue weighted by atomic mass is 16.3. The Morgan fingerprint density at radius 1 is 0.760 bits per heavy atom. The van der Waals surface area contributed by atoms with Crippen molar-refractivity contribution in [2.45, 2.75) is 0 Å². The van der Waals surface area contributed by atoms with Crippen LogP contribution in [0.15, 0.2) is 60.7 Å². The van der Waals surface area contributed by atoms with E-state index in [2.05, 4.69) is 5.32 Å². The summed E-state index contributed by atoms with van der Waals surface area (Å²) in [5, 5.41) is 12.5. The van der Waals surface area contributed by atoms with Gasteiger partial charge in [0.15, 0.2) is 11.6 Å². The standard InChI is InChI=1S/C20H14N2O3/c21-18-16(22-11-5-7-12(23)8-6-11)10-9-15-17(18)20(25)14-4-2-1-3-13(14)19(15)24/h1-10,22-23H,21H2. The number of hydrogen-bond acceptors (Lipinski definition) is 5. The molecule has 0 unspecified atom stereocenters. The minimum absolute atomic E-state index is 0.154. The summed E-state index contributed by atoms with van der Waals surface area (Å²) in [7, 11) is 0. The van der Waals surface area contributed by atoms with E-state index in [1.807, 2.05) is 0 Å². The summed E-state index contributed by atoms with van der Waals surface area (Å²) in [6.45, 7) is 0. The molecule has 1 aliphatic carbocycles. The summed E-state index contributed by atoms with van der Waals surface area (Å²) in [5.41, 5.74) is 9.00. The highest BCUT2D eigenvalue weighted by molar-refractivity contribution is 6.30. The second-order valence-corrected chi connectivity index (χ2v) is 5.83. The quantitative estimate of drug-likeness (QED) is 0.386. The largest absolute Gasteiger partial charge is 0.508 e. The van der Waals surface area contributed by atoms with Crippen molar-refractivity contribution in [1.82, 2.24) is 0 Å². The van der Waals surface area contributed by atoms with Crippen LogP contribution in [0.25, 0.3) is 0 Å². The van der Waals surface area contributed by atoms with Crippen LogP contribution in [-0.4, -0.2) is 16.7 Å². The lowest BCUT2D eigenvalue weighted by Gasteiger charge is -2.21. The number of fused-ring (bicyclic) bond motifs is 2. The van der Waals surface area contributed by atoms with Crippen molar-refractivity contribution in [2.75, 3.05) is 11.1 Å². The number of phenolic OH excluding ortho intramolecular Hbond substituents is 1. The summed E-state index contributed by atoms with van der Waals surface area (Å²) in [4.78, 5) is 25.5. The van der Waals surface area contributed by atoms with Crippen LogP contribution in [0.4, 0.5) is 17.1 Å². The number of carbonyl (C=O) groups excluding carboxylic acids is 2. The number of ketones is 2. The van der Waals surface area contributed by atoms with Crippen molar-refractivity contribution in [1.29, 1.82) is 0 Å². The number of aromatic hydroxyl groups is 1. The van der Waals surface area contributed by atoms with Crippen LogP contribution in [-0.2, 0) is 0 Å². The minimum atomic E-state index is -0.253. The molecule has 122 valence electrons. The van der Waals surface area contributed by atoms with Crippen LogP contribution in [0.1, 0.15) is 31.8 Å². The molecule has 0 amide bonds. The molecular weight excluding hydrogens is 316 g/mol. The van der Waals surface area contributed by atoms with Crippen LogP contribution in [0.2, 0.25) is 0 Å². The van der Waals surface area contributed by atoms with Gasteiger partial charge in [-0.2, -0.15) is 0 Å². The fraction of sp³-hybridized carbons (Fsp3) is 0. The Hall–Kier alpha value is -3.60. The molecule has 3 aromatic carbocycles. The lowest BCUT2D eigenvalue weighted by Crippen LogP contribution is -2.22. The summed E-state index contributed by atoms with van der Waals surface area (Å²) >= 11 is 0. The molecule has 0 aromatic heterocycles. The van der Waals surface area contributed by atoms with E-state index < -0.39 is 0 Å². The van der Waals surface area contributed by atoms with Crippen molar-refractivity contribution >= 4 is 28.6 Å². The smallest absolute Gasteiger partial charge is 0.196 e. The molecule has 0 fully saturated rings. The first kappa shape index (κ1) is 15.0. The number of nitrogens with one attached hydrogen (secondary N) is 1. The van der Waals surface area contributed by atoms with E-state index in [4.69, 9.17) is 5.73 Å². The minimum Gasteiger partial charge on any atom is -0.508 e. The van der Waals surface area contributed by atoms with Gasteiger partial charge in [0.1, 0.15) is 5.75 Å². The molecule has 5 heteroatoms. The number of benzene rings is 3. The monoisotopic (exact) mass is 330 g/mol. The number of rotatable bonds is 2. The van der Waals surface area contributed by atoms with Crippen LogP contribution in [0.5, 0.6) is 5.75 Å². The maximum atomic E-state index is 12.8. The van der Waals surface area contributed by atoms with Crippen molar-refractivity contribution in [3.05, 3.63) is 82.9 Å². The van der Waals surface area contributed by atoms with Crippen molar-refractivity contribution in [3.8, 4) is 5.75 Å². The van der Waals surface area contributed by atoms with Crippen molar-refractivity contribution in [2.24, 2.45) is 0 Å². The van der Waals surface area contributed by atoms with Gasteiger partial charge in [0.25, 0.3) is 0 Å². The van der Waals surface area contributed by atoms with Gasteiger partial charge < -0.3 is 16.2 Å². The number of carbonyl (C=O) groups is 2. The third-order valence-electron chi connectivity index (χ3n) is 4.28. The van der Waals surface area contributed by atoms with E-state index in [9.17, 15) is 14.7 Å². The molecule has 0 aliphatic heterocycles. The first-order valence-corrected chi connectivity index (χ1v) is 7.73. The van der Waals surface area contributed by atoms with Crippen LogP contribution in [0.3, 0.4) is 0 Å². The third-order valence-corrected chi connectivity index (χ3v) is 4.28. The second-order valence-electron chi connectivity index (χ2n) is 5.83. The van der Waals surface area contributed by atoms with Gasteiger partial charge in [-0.25, -0.2) is 0 Å². The number of hydrogen-bond donors (Lipinski definition) is 3. The Bertz CT molecular complexity index is 1020. The third kappa shape index (κ3) is 2.33. The van der Waals surface area contributed by atoms with Gasteiger partial charge >= 0.3 is 0 Å². The summed E-state index contributed by atoms with van der Waals surface area (Å²) in [5.74, 6) is -0.300. The Morgan fingerprint density at radius 2 is 1.40 bits per heavy atom. The van der Waals surface area contributed by atoms with Gasteiger partial charge in [0.05, 0.1) is 16.9 Å². The van der Waals surface area contributed by atoms with Crippen LogP contribution >= 0.6 is 0 Å². The van der Waals surface area contributed by atoms with E-state index in [0.717, 1.165) is 0 Å². The van der Waals surface area contributed by atoms with Gasteiger partial charge in [-0.1, -0.05) is 24.3 Å². The highest BCUT2D eigenvalue weighted by Crippen LogP contribution is 2.35. The summed E-state index contributed by atoms with van der Waals surface area (Å²) in [6.07, 6.45) is 0. The molecule has 4 N–H and O–H groups in total. The summed E-state index contributed by atoms with van der Waals surface area (Å²) < 4.78 is 0. The predicted molar refractivity (Wildman–Crippen MR) is 95.6 cm³/mol. The van der Waals surface area contributed by atoms with Gasteiger partial charge in [-0.05, 0) is 36.4 Å². The van der Waals surface area contributed by atoms with Crippen LogP contribution in [0, 0.1) is 0 Å². The molecule has 4 rings (SSSR count). The number of nitrogens with two attached hydrogens (primary N) is 1. The highest BCUT2D eigenvalue weighted by Gasteiger charge is 2.31. The number of nitrogen functional groups attached to an aromatic ring is 1. The van der Waals surface area contributed by atoms with E-state index in [-0.39, 0.29) is 28.6 Å². The van der Waals surface area contributed by atoms with E-state index in [1.54, 1.807) is 60.7 Å². The van der Waals surface area contributed by atoms with E-state index in [1.165, 1.54) is 0 Å². The number of phenols is 1. The Balaban J connectivity index is 1.81. The zero-order chi connectivity index (χ0) is 17.6. The Labute approximate surface area is 143 Å². The van der Waals surface area contributed by atoms with E-state index in [0.29, 0.717) is 28.1 Å². The zero-order valence-corrected chi connectivity index (χ0v) is 13.1. The average molecular weight is 330 g/mol. The topological polar surface area (TPSA) is 92.4 Å².